The predicted octanol–water partition coefficient (Wildman–Crippen LogP) is 1.95. The van der Waals surface area contributed by atoms with Gasteiger partial charge in [-0.1, -0.05) is 18.2 Å². The van der Waals surface area contributed by atoms with E-state index in [4.69, 9.17) is 4.74 Å². The quantitative estimate of drug-likeness (QED) is 0.596. The van der Waals surface area contributed by atoms with Gasteiger partial charge in [0.2, 0.25) is 5.69 Å². The van der Waals surface area contributed by atoms with E-state index in [1.165, 1.54) is 11.3 Å². The molecule has 0 N–H and O–H groups in total. The summed E-state index contributed by atoms with van der Waals surface area (Å²) >= 11 is 0. The van der Waals surface area contributed by atoms with Crippen LogP contribution in [0, 0.1) is 0 Å². The molecular formula is C11H14NO+. The van der Waals surface area contributed by atoms with E-state index in [0.29, 0.717) is 0 Å². The maximum absolute atomic E-state index is 5.54. The molecule has 0 radical (unpaired) electrons. The minimum absolute atomic E-state index is 0.744. The van der Waals surface area contributed by atoms with Crippen LogP contribution < -0.4 is 0 Å². The summed E-state index contributed by atoms with van der Waals surface area (Å²) in [5.74, 6) is 1.06. The minimum Gasteiger partial charge on any atom is -0.448 e. The SMILES string of the molecule is CCOC1=[N+](C)c2ccccc2C1. The third-order valence-electron chi connectivity index (χ3n) is 2.38. The fourth-order valence-electron chi connectivity index (χ4n) is 1.72. The van der Waals surface area contributed by atoms with Crippen molar-refractivity contribution in [2.45, 2.75) is 13.3 Å². The Hall–Kier alpha value is -1.31. The Kier molecular flexibility index (Phi) is 2.05. The fourth-order valence-corrected chi connectivity index (χ4v) is 1.72. The summed E-state index contributed by atoms with van der Waals surface area (Å²) in [5.41, 5.74) is 2.62. The second-order valence-electron chi connectivity index (χ2n) is 3.19. The molecule has 1 aromatic rings. The van der Waals surface area contributed by atoms with Crippen molar-refractivity contribution in [3.63, 3.8) is 0 Å². The van der Waals surface area contributed by atoms with Gasteiger partial charge in [0.25, 0.3) is 0 Å². The Morgan fingerprint density at radius 1 is 1.38 bits per heavy atom. The van der Waals surface area contributed by atoms with E-state index >= 15 is 0 Å². The molecule has 0 spiro atoms. The molecule has 0 amide bonds. The lowest BCUT2D eigenvalue weighted by Crippen LogP contribution is -2.12. The Morgan fingerprint density at radius 3 is 2.85 bits per heavy atom. The second kappa shape index (κ2) is 3.21. The van der Waals surface area contributed by atoms with Crippen LogP contribution in [-0.2, 0) is 11.2 Å². The van der Waals surface area contributed by atoms with Crippen LogP contribution in [0.5, 0.6) is 0 Å². The van der Waals surface area contributed by atoms with Crippen molar-refractivity contribution >= 4 is 11.6 Å². The number of hydrogen-bond acceptors (Lipinski definition) is 1. The lowest BCUT2D eigenvalue weighted by molar-refractivity contribution is -0.412. The van der Waals surface area contributed by atoms with E-state index < -0.39 is 0 Å². The number of para-hydroxylation sites is 1. The summed E-state index contributed by atoms with van der Waals surface area (Å²) < 4.78 is 7.66. The molecule has 1 heterocycles. The van der Waals surface area contributed by atoms with Crippen molar-refractivity contribution in [3.05, 3.63) is 29.8 Å². The molecule has 0 unspecified atom stereocenters. The highest BCUT2D eigenvalue weighted by Gasteiger charge is 2.27. The largest absolute Gasteiger partial charge is 0.448 e. The highest BCUT2D eigenvalue weighted by atomic mass is 16.5. The average molecular weight is 176 g/mol. The van der Waals surface area contributed by atoms with E-state index in [9.17, 15) is 0 Å². The summed E-state index contributed by atoms with van der Waals surface area (Å²) in [5, 5.41) is 0. The van der Waals surface area contributed by atoms with Gasteiger partial charge in [0, 0.05) is 11.6 Å². The van der Waals surface area contributed by atoms with Crippen molar-refractivity contribution in [3.8, 4) is 0 Å². The van der Waals surface area contributed by atoms with Crippen molar-refractivity contribution in [2.24, 2.45) is 0 Å². The van der Waals surface area contributed by atoms with Crippen LogP contribution in [0.4, 0.5) is 5.69 Å². The molecule has 0 saturated heterocycles. The first kappa shape index (κ1) is 8.30. The van der Waals surface area contributed by atoms with E-state index in [2.05, 4.69) is 35.9 Å². The van der Waals surface area contributed by atoms with Crippen molar-refractivity contribution in [1.82, 2.24) is 0 Å². The molecule has 0 bridgehead atoms. The van der Waals surface area contributed by atoms with Crippen LogP contribution in [0.15, 0.2) is 24.3 Å². The average Bonchev–Trinajstić information content (AvgIpc) is 2.46. The molecule has 1 aromatic carbocycles. The van der Waals surface area contributed by atoms with Crippen LogP contribution in [0.1, 0.15) is 12.5 Å². The molecule has 0 saturated carbocycles. The molecular weight excluding hydrogens is 162 g/mol. The number of ether oxygens (including phenoxy) is 1. The van der Waals surface area contributed by atoms with Gasteiger partial charge in [0.15, 0.2) is 0 Å². The molecule has 1 aliphatic heterocycles. The zero-order valence-corrected chi connectivity index (χ0v) is 8.08. The summed E-state index contributed by atoms with van der Waals surface area (Å²) in [4.78, 5) is 0. The first-order valence-corrected chi connectivity index (χ1v) is 4.63. The van der Waals surface area contributed by atoms with Gasteiger partial charge < -0.3 is 4.74 Å². The topological polar surface area (TPSA) is 12.2 Å². The zero-order valence-electron chi connectivity index (χ0n) is 8.08. The third kappa shape index (κ3) is 1.32. The first-order chi connectivity index (χ1) is 6.33. The zero-order chi connectivity index (χ0) is 9.26. The third-order valence-corrected chi connectivity index (χ3v) is 2.38. The molecule has 68 valence electrons. The number of benzene rings is 1. The van der Waals surface area contributed by atoms with Gasteiger partial charge in [-0.25, -0.2) is 0 Å². The van der Waals surface area contributed by atoms with Gasteiger partial charge in [0.1, 0.15) is 13.5 Å². The Balaban J connectivity index is 2.36. The summed E-state index contributed by atoms with van der Waals surface area (Å²) in [7, 11) is 2.05. The molecule has 0 aliphatic carbocycles. The number of fused-ring (bicyclic) bond motifs is 1. The normalized spacial score (nSPS) is 14.6. The van der Waals surface area contributed by atoms with E-state index in [0.717, 1.165) is 18.9 Å². The molecule has 0 aromatic heterocycles. The number of nitrogens with zero attached hydrogens (tertiary/aromatic N) is 1. The monoisotopic (exact) mass is 176 g/mol. The lowest BCUT2D eigenvalue weighted by Gasteiger charge is -1.96. The lowest BCUT2D eigenvalue weighted by atomic mass is 10.1. The maximum atomic E-state index is 5.54. The molecule has 0 atom stereocenters. The number of rotatable bonds is 1. The summed E-state index contributed by atoms with van der Waals surface area (Å²) in [6.45, 7) is 2.76. The second-order valence-corrected chi connectivity index (χ2v) is 3.19. The predicted molar refractivity (Wildman–Crippen MR) is 52.6 cm³/mol. The van der Waals surface area contributed by atoms with Crippen LogP contribution >= 0.6 is 0 Å². The molecule has 2 rings (SSSR count). The molecule has 2 nitrogen and oxygen atoms in total. The van der Waals surface area contributed by atoms with Gasteiger partial charge in [-0.2, -0.15) is 4.58 Å². The molecule has 13 heavy (non-hydrogen) atoms. The fraction of sp³-hybridized carbons (Fsp3) is 0.364. The van der Waals surface area contributed by atoms with Crippen LogP contribution in [0.25, 0.3) is 0 Å². The first-order valence-electron chi connectivity index (χ1n) is 4.63. The Morgan fingerprint density at radius 2 is 2.15 bits per heavy atom. The van der Waals surface area contributed by atoms with Crippen LogP contribution in [0.2, 0.25) is 0 Å². The van der Waals surface area contributed by atoms with E-state index in [1.807, 2.05) is 6.92 Å². The van der Waals surface area contributed by atoms with E-state index in [-0.39, 0.29) is 0 Å². The Bertz CT molecular complexity index is 355. The molecule has 2 heteroatoms. The van der Waals surface area contributed by atoms with Gasteiger partial charge in [0.05, 0.1) is 6.61 Å². The van der Waals surface area contributed by atoms with Crippen molar-refractivity contribution in [2.75, 3.05) is 13.7 Å². The van der Waals surface area contributed by atoms with Crippen LogP contribution in [-0.4, -0.2) is 24.1 Å². The van der Waals surface area contributed by atoms with Crippen LogP contribution in [0.3, 0.4) is 0 Å². The van der Waals surface area contributed by atoms with Gasteiger partial charge >= 0.3 is 5.90 Å². The summed E-state index contributed by atoms with van der Waals surface area (Å²) in [6.07, 6.45) is 0.931. The van der Waals surface area contributed by atoms with Gasteiger partial charge in [-0.3, -0.25) is 0 Å². The highest BCUT2D eigenvalue weighted by Crippen LogP contribution is 2.24. The minimum atomic E-state index is 0.744. The van der Waals surface area contributed by atoms with Crippen molar-refractivity contribution < 1.29 is 9.31 Å². The number of hydrogen-bond donors (Lipinski definition) is 0. The standard InChI is InChI=1S/C11H14NO/c1-3-13-11-8-9-6-4-5-7-10(9)12(11)2/h4-7H,3,8H2,1-2H3/q+1. The molecule has 0 fully saturated rings. The molecule has 1 aliphatic rings. The smallest absolute Gasteiger partial charge is 0.346 e. The van der Waals surface area contributed by atoms with Gasteiger partial charge in [-0.05, 0) is 6.92 Å². The van der Waals surface area contributed by atoms with Gasteiger partial charge in [-0.15, -0.1) is 0 Å². The van der Waals surface area contributed by atoms with E-state index in [1.54, 1.807) is 0 Å². The summed E-state index contributed by atoms with van der Waals surface area (Å²) in [6, 6.07) is 8.41. The maximum Gasteiger partial charge on any atom is 0.346 e. The Labute approximate surface area is 78.5 Å². The van der Waals surface area contributed by atoms with Crippen molar-refractivity contribution in [1.29, 1.82) is 0 Å². The highest BCUT2D eigenvalue weighted by molar-refractivity contribution is 5.80.